The molecule has 1 atom stereocenters. The smallest absolute Gasteiger partial charge is 0.251 e. The summed E-state index contributed by atoms with van der Waals surface area (Å²) in [7, 11) is 3.07. The molecule has 0 radical (unpaired) electrons. The molecule has 1 aromatic carbocycles. The van der Waals surface area contributed by atoms with Gasteiger partial charge in [0, 0.05) is 11.6 Å². The van der Waals surface area contributed by atoms with E-state index in [1.165, 1.54) is 14.2 Å². The first kappa shape index (κ1) is 16.3. The minimum atomic E-state index is -0.250. The molecule has 0 saturated heterocycles. The summed E-state index contributed by atoms with van der Waals surface area (Å²) in [5, 5.41) is 12.1. The van der Waals surface area contributed by atoms with E-state index in [4.69, 9.17) is 9.47 Å². The van der Waals surface area contributed by atoms with E-state index in [-0.39, 0.29) is 18.6 Å². The van der Waals surface area contributed by atoms with Crippen LogP contribution in [0.15, 0.2) is 18.2 Å². The number of aliphatic hydroxyl groups excluding tert-OH is 1. The van der Waals surface area contributed by atoms with Crippen molar-refractivity contribution in [3.05, 3.63) is 23.8 Å². The quantitative estimate of drug-likeness (QED) is 0.800. The normalized spacial score (nSPS) is 12.1. The Bertz CT molecular complexity index is 423. The van der Waals surface area contributed by atoms with Crippen molar-refractivity contribution in [1.29, 1.82) is 0 Å². The lowest BCUT2D eigenvalue weighted by molar-refractivity contribution is 0.0907. The summed E-state index contributed by atoms with van der Waals surface area (Å²) >= 11 is 0. The number of carbonyl (C=O) groups excluding carboxylic acids is 1. The molecule has 0 aliphatic carbocycles. The van der Waals surface area contributed by atoms with Crippen LogP contribution >= 0.6 is 0 Å². The number of aliphatic hydroxyl groups is 1. The fourth-order valence-corrected chi connectivity index (χ4v) is 1.96. The maximum Gasteiger partial charge on any atom is 0.251 e. The Morgan fingerprint density at radius 1 is 1.20 bits per heavy atom. The van der Waals surface area contributed by atoms with Crippen LogP contribution in [0.3, 0.4) is 0 Å². The van der Waals surface area contributed by atoms with Crippen LogP contribution < -0.4 is 14.8 Å². The van der Waals surface area contributed by atoms with Crippen LogP contribution in [0.2, 0.25) is 0 Å². The zero-order valence-corrected chi connectivity index (χ0v) is 12.5. The second-order valence-corrected chi connectivity index (χ2v) is 5.08. The van der Waals surface area contributed by atoms with Gasteiger partial charge in [0.2, 0.25) is 0 Å². The summed E-state index contributed by atoms with van der Waals surface area (Å²) in [4.78, 5) is 12.2. The average Bonchev–Trinajstić information content (AvgIpc) is 2.45. The lowest BCUT2D eigenvalue weighted by atomic mass is 10.0. The third-order valence-electron chi connectivity index (χ3n) is 2.93. The summed E-state index contributed by atoms with van der Waals surface area (Å²) in [6.07, 6.45) is 0.726. The predicted molar refractivity (Wildman–Crippen MR) is 77.3 cm³/mol. The third kappa shape index (κ3) is 4.74. The fraction of sp³-hybridized carbons (Fsp3) is 0.533. The molecule has 0 fully saturated rings. The summed E-state index contributed by atoms with van der Waals surface area (Å²) < 4.78 is 10.3. The van der Waals surface area contributed by atoms with Crippen LogP contribution in [0.25, 0.3) is 0 Å². The zero-order valence-electron chi connectivity index (χ0n) is 12.5. The van der Waals surface area contributed by atoms with Crippen LogP contribution in [0.5, 0.6) is 11.5 Å². The molecule has 20 heavy (non-hydrogen) atoms. The molecule has 1 rings (SSSR count). The highest BCUT2D eigenvalue weighted by Crippen LogP contribution is 2.22. The molecule has 1 unspecified atom stereocenters. The van der Waals surface area contributed by atoms with E-state index in [0.29, 0.717) is 23.0 Å². The van der Waals surface area contributed by atoms with Gasteiger partial charge in [0.1, 0.15) is 11.5 Å². The van der Waals surface area contributed by atoms with Crippen molar-refractivity contribution in [1.82, 2.24) is 5.32 Å². The van der Waals surface area contributed by atoms with Crippen LogP contribution in [0.1, 0.15) is 30.6 Å². The van der Waals surface area contributed by atoms with Gasteiger partial charge in [-0.25, -0.2) is 0 Å². The lowest BCUT2D eigenvalue weighted by Gasteiger charge is -2.18. The molecule has 0 aliphatic heterocycles. The van der Waals surface area contributed by atoms with Gasteiger partial charge >= 0.3 is 0 Å². The molecular weight excluding hydrogens is 258 g/mol. The molecule has 0 heterocycles. The molecule has 0 aliphatic rings. The van der Waals surface area contributed by atoms with Crippen LogP contribution in [-0.4, -0.2) is 37.9 Å². The Morgan fingerprint density at radius 3 is 2.15 bits per heavy atom. The number of methoxy groups -OCH3 is 2. The zero-order chi connectivity index (χ0) is 15.1. The molecule has 5 nitrogen and oxygen atoms in total. The van der Waals surface area contributed by atoms with Gasteiger partial charge in [0.05, 0.1) is 26.9 Å². The van der Waals surface area contributed by atoms with E-state index in [1.807, 2.05) is 13.8 Å². The minimum absolute atomic E-state index is 0.0783. The van der Waals surface area contributed by atoms with Gasteiger partial charge in [0.15, 0.2) is 0 Å². The molecule has 2 N–H and O–H groups in total. The first-order valence-electron chi connectivity index (χ1n) is 6.65. The lowest BCUT2D eigenvalue weighted by Crippen LogP contribution is -2.38. The number of ether oxygens (including phenoxy) is 2. The van der Waals surface area contributed by atoms with Gasteiger partial charge in [-0.3, -0.25) is 4.79 Å². The van der Waals surface area contributed by atoms with E-state index in [2.05, 4.69) is 5.32 Å². The van der Waals surface area contributed by atoms with E-state index in [0.717, 1.165) is 6.42 Å². The Kier molecular flexibility index (Phi) is 6.31. The Hall–Kier alpha value is -1.75. The Morgan fingerprint density at radius 2 is 1.75 bits per heavy atom. The van der Waals surface area contributed by atoms with Crippen LogP contribution in [-0.2, 0) is 0 Å². The van der Waals surface area contributed by atoms with Crippen molar-refractivity contribution in [2.45, 2.75) is 26.3 Å². The van der Waals surface area contributed by atoms with Gasteiger partial charge in [-0.1, -0.05) is 13.8 Å². The number of hydrogen-bond acceptors (Lipinski definition) is 4. The standard InChI is InChI=1S/C15H23NO4/c1-10(2)5-12(9-17)16-15(18)11-6-13(19-3)8-14(7-11)20-4/h6-8,10,12,17H,5,9H2,1-4H3,(H,16,18). The average molecular weight is 281 g/mol. The monoisotopic (exact) mass is 281 g/mol. The summed E-state index contributed by atoms with van der Waals surface area (Å²) in [5.41, 5.74) is 0.448. The van der Waals surface area contributed by atoms with E-state index < -0.39 is 0 Å². The highest BCUT2D eigenvalue weighted by Gasteiger charge is 2.16. The van der Waals surface area contributed by atoms with Gasteiger partial charge in [-0.05, 0) is 24.5 Å². The van der Waals surface area contributed by atoms with Crippen LogP contribution in [0, 0.1) is 5.92 Å². The van der Waals surface area contributed by atoms with Crippen molar-refractivity contribution in [3.63, 3.8) is 0 Å². The summed E-state index contributed by atoms with van der Waals surface area (Å²) in [5.74, 6) is 1.26. The SMILES string of the molecule is COc1cc(OC)cc(C(=O)NC(CO)CC(C)C)c1. The molecule has 5 heteroatoms. The number of benzene rings is 1. The number of rotatable bonds is 7. The van der Waals surface area contributed by atoms with Crippen molar-refractivity contribution in [3.8, 4) is 11.5 Å². The van der Waals surface area contributed by atoms with Gasteiger partial charge in [0.25, 0.3) is 5.91 Å². The molecule has 1 amide bonds. The van der Waals surface area contributed by atoms with E-state index >= 15 is 0 Å². The molecule has 0 saturated carbocycles. The maximum absolute atomic E-state index is 12.2. The molecule has 0 aromatic heterocycles. The maximum atomic E-state index is 12.2. The molecule has 0 spiro atoms. The molecular formula is C15H23NO4. The topological polar surface area (TPSA) is 67.8 Å². The fourth-order valence-electron chi connectivity index (χ4n) is 1.96. The Labute approximate surface area is 119 Å². The summed E-state index contributed by atoms with van der Waals surface area (Å²) in [6, 6.07) is 4.73. The molecule has 112 valence electrons. The first-order valence-corrected chi connectivity index (χ1v) is 6.65. The van der Waals surface area contributed by atoms with Crippen LogP contribution in [0.4, 0.5) is 0 Å². The largest absolute Gasteiger partial charge is 0.497 e. The van der Waals surface area contributed by atoms with Gasteiger partial charge in [-0.2, -0.15) is 0 Å². The predicted octanol–water partition coefficient (Wildman–Crippen LogP) is 1.84. The highest BCUT2D eigenvalue weighted by atomic mass is 16.5. The number of amides is 1. The minimum Gasteiger partial charge on any atom is -0.497 e. The highest BCUT2D eigenvalue weighted by molar-refractivity contribution is 5.95. The second-order valence-electron chi connectivity index (χ2n) is 5.08. The second kappa shape index (κ2) is 7.75. The van der Waals surface area contributed by atoms with E-state index in [1.54, 1.807) is 18.2 Å². The number of nitrogens with one attached hydrogen (secondary N) is 1. The van der Waals surface area contributed by atoms with Crippen molar-refractivity contribution in [2.75, 3.05) is 20.8 Å². The van der Waals surface area contributed by atoms with Crippen molar-refractivity contribution < 1.29 is 19.4 Å². The van der Waals surface area contributed by atoms with Gasteiger partial charge in [-0.15, -0.1) is 0 Å². The number of hydrogen-bond donors (Lipinski definition) is 2. The number of carbonyl (C=O) groups is 1. The molecule has 1 aromatic rings. The molecule has 0 bridgehead atoms. The van der Waals surface area contributed by atoms with Crippen molar-refractivity contribution in [2.24, 2.45) is 5.92 Å². The third-order valence-corrected chi connectivity index (χ3v) is 2.93. The van der Waals surface area contributed by atoms with Gasteiger partial charge < -0.3 is 19.9 Å². The van der Waals surface area contributed by atoms with Crippen molar-refractivity contribution >= 4 is 5.91 Å². The Balaban J connectivity index is 2.85. The first-order chi connectivity index (χ1) is 9.49. The summed E-state index contributed by atoms with van der Waals surface area (Å²) in [6.45, 7) is 4.01. The van der Waals surface area contributed by atoms with E-state index in [9.17, 15) is 9.90 Å².